The number of rotatable bonds is 5. The summed E-state index contributed by atoms with van der Waals surface area (Å²) in [6.45, 7) is 1.10. The van der Waals surface area contributed by atoms with E-state index in [1.807, 2.05) is 36.0 Å². The highest BCUT2D eigenvalue weighted by Crippen LogP contribution is 2.12. The third-order valence-corrected chi connectivity index (χ3v) is 3.99. The molecule has 3 aromatic heterocycles. The molecule has 0 saturated heterocycles. The molecular formula is C14H14N4O2S. The largest absolute Gasteiger partial charge is 0.353 e. The summed E-state index contributed by atoms with van der Waals surface area (Å²) in [5.74, 6) is -0.0793. The molecule has 6 nitrogen and oxygen atoms in total. The fourth-order valence-corrected chi connectivity index (χ4v) is 2.84. The minimum Gasteiger partial charge on any atom is -0.353 e. The van der Waals surface area contributed by atoms with Crippen molar-refractivity contribution in [1.82, 2.24) is 19.4 Å². The molecule has 108 valence electrons. The van der Waals surface area contributed by atoms with Crippen molar-refractivity contribution in [3.63, 3.8) is 0 Å². The maximum absolute atomic E-state index is 12.1. The van der Waals surface area contributed by atoms with Gasteiger partial charge in [0.15, 0.2) is 0 Å². The lowest BCUT2D eigenvalue weighted by Gasteiger charge is -2.07. The molecule has 0 radical (unpaired) electrons. The van der Waals surface area contributed by atoms with E-state index in [0.717, 1.165) is 5.52 Å². The summed E-state index contributed by atoms with van der Waals surface area (Å²) in [5, 5.41) is 4.64. The molecule has 0 aliphatic rings. The Kier molecular flexibility index (Phi) is 3.83. The molecule has 0 bridgehead atoms. The second-order valence-electron chi connectivity index (χ2n) is 4.58. The van der Waals surface area contributed by atoms with Crippen LogP contribution in [0.5, 0.6) is 0 Å². The minimum atomic E-state index is -0.0793. The molecule has 0 aromatic carbocycles. The van der Waals surface area contributed by atoms with E-state index in [9.17, 15) is 9.59 Å². The normalized spacial score (nSPS) is 10.9. The van der Waals surface area contributed by atoms with Gasteiger partial charge in [-0.2, -0.15) is 0 Å². The number of amides is 1. The first-order valence-electron chi connectivity index (χ1n) is 6.54. The average molecular weight is 302 g/mol. The number of fused-ring (bicyclic) bond motifs is 1. The highest BCUT2D eigenvalue weighted by Gasteiger charge is 2.06. The van der Waals surface area contributed by atoms with E-state index in [1.54, 1.807) is 4.57 Å². The van der Waals surface area contributed by atoms with Crippen LogP contribution in [0, 0.1) is 0 Å². The van der Waals surface area contributed by atoms with Gasteiger partial charge in [0, 0.05) is 25.5 Å². The molecule has 0 aliphatic carbocycles. The summed E-state index contributed by atoms with van der Waals surface area (Å²) in [4.78, 5) is 28.1. The summed E-state index contributed by atoms with van der Waals surface area (Å²) in [7, 11) is 0. The van der Waals surface area contributed by atoms with E-state index in [1.165, 1.54) is 22.2 Å². The first-order chi connectivity index (χ1) is 10.2. The van der Waals surface area contributed by atoms with Crippen molar-refractivity contribution < 1.29 is 4.79 Å². The van der Waals surface area contributed by atoms with E-state index in [4.69, 9.17) is 0 Å². The van der Waals surface area contributed by atoms with Gasteiger partial charge in [-0.1, -0.05) is 0 Å². The van der Waals surface area contributed by atoms with Crippen molar-refractivity contribution in [2.24, 2.45) is 0 Å². The number of hydrogen-bond donors (Lipinski definition) is 1. The monoisotopic (exact) mass is 302 g/mol. The average Bonchev–Trinajstić information content (AvgIpc) is 3.12. The van der Waals surface area contributed by atoms with Gasteiger partial charge in [0.2, 0.25) is 5.91 Å². The predicted molar refractivity (Wildman–Crippen MR) is 81.3 cm³/mol. The lowest BCUT2D eigenvalue weighted by Crippen LogP contribution is -2.32. The Balaban J connectivity index is 1.58. The predicted octanol–water partition coefficient (Wildman–Crippen LogP) is 1.08. The number of carbonyl (C=O) groups excluding carboxylic acids is 1. The SMILES string of the molecule is O=C(Cn1cccc1)NCCn1cnc2ccsc2c1=O. The fraction of sp³-hybridized carbons (Fsp3) is 0.214. The van der Waals surface area contributed by atoms with E-state index >= 15 is 0 Å². The van der Waals surface area contributed by atoms with E-state index in [0.29, 0.717) is 17.8 Å². The number of carbonyl (C=O) groups is 1. The molecule has 21 heavy (non-hydrogen) atoms. The minimum absolute atomic E-state index is 0.0605. The number of nitrogens with zero attached hydrogens (tertiary/aromatic N) is 3. The zero-order valence-electron chi connectivity index (χ0n) is 11.2. The van der Waals surface area contributed by atoms with Gasteiger partial charge in [-0.25, -0.2) is 4.98 Å². The van der Waals surface area contributed by atoms with Crippen molar-refractivity contribution in [1.29, 1.82) is 0 Å². The van der Waals surface area contributed by atoms with Crippen LogP contribution >= 0.6 is 11.3 Å². The lowest BCUT2D eigenvalue weighted by atomic mass is 10.4. The van der Waals surface area contributed by atoms with E-state index in [-0.39, 0.29) is 18.0 Å². The van der Waals surface area contributed by atoms with Crippen LogP contribution < -0.4 is 10.9 Å². The van der Waals surface area contributed by atoms with Gasteiger partial charge >= 0.3 is 0 Å². The first kappa shape index (κ1) is 13.6. The molecule has 3 heterocycles. The molecule has 0 aliphatic heterocycles. The van der Waals surface area contributed by atoms with Crippen LogP contribution in [0.3, 0.4) is 0 Å². The molecule has 3 rings (SSSR count). The maximum atomic E-state index is 12.1. The zero-order valence-corrected chi connectivity index (χ0v) is 12.0. The summed E-state index contributed by atoms with van der Waals surface area (Å²) in [5.41, 5.74) is 0.660. The smallest absolute Gasteiger partial charge is 0.271 e. The molecule has 3 aromatic rings. The van der Waals surface area contributed by atoms with Gasteiger partial charge in [0.1, 0.15) is 11.2 Å². The molecule has 0 fully saturated rings. The van der Waals surface area contributed by atoms with Crippen LogP contribution in [0.2, 0.25) is 0 Å². The highest BCUT2D eigenvalue weighted by atomic mass is 32.1. The molecule has 1 N–H and O–H groups in total. The molecule has 0 atom stereocenters. The Morgan fingerprint density at radius 3 is 2.95 bits per heavy atom. The Morgan fingerprint density at radius 2 is 2.14 bits per heavy atom. The number of nitrogens with one attached hydrogen (secondary N) is 1. The van der Waals surface area contributed by atoms with Crippen molar-refractivity contribution in [2.45, 2.75) is 13.1 Å². The van der Waals surface area contributed by atoms with Gasteiger partial charge < -0.3 is 9.88 Å². The second kappa shape index (κ2) is 5.92. The van der Waals surface area contributed by atoms with Gasteiger partial charge in [0.05, 0.1) is 11.8 Å². The fourth-order valence-electron chi connectivity index (χ4n) is 2.05. The molecule has 1 amide bonds. The maximum Gasteiger partial charge on any atom is 0.271 e. The summed E-state index contributed by atoms with van der Waals surface area (Å²) in [6.07, 6.45) is 5.19. The van der Waals surface area contributed by atoms with Crippen LogP contribution in [0.15, 0.2) is 47.1 Å². The number of aromatic nitrogens is 3. The molecule has 0 unspecified atom stereocenters. The number of thiophene rings is 1. The van der Waals surface area contributed by atoms with Gasteiger partial charge in [0.25, 0.3) is 5.56 Å². The van der Waals surface area contributed by atoms with Crippen LogP contribution in [-0.2, 0) is 17.9 Å². The molecule has 0 saturated carbocycles. The van der Waals surface area contributed by atoms with Crippen molar-refractivity contribution >= 4 is 27.5 Å². The van der Waals surface area contributed by atoms with Crippen molar-refractivity contribution in [3.8, 4) is 0 Å². The Hall–Kier alpha value is -2.41. The Labute approximate surface area is 124 Å². The van der Waals surface area contributed by atoms with Gasteiger partial charge in [-0.15, -0.1) is 11.3 Å². The lowest BCUT2D eigenvalue weighted by molar-refractivity contribution is -0.121. The van der Waals surface area contributed by atoms with Gasteiger partial charge in [-0.05, 0) is 23.6 Å². The van der Waals surface area contributed by atoms with Crippen molar-refractivity contribution in [3.05, 3.63) is 52.7 Å². The first-order valence-corrected chi connectivity index (χ1v) is 7.42. The van der Waals surface area contributed by atoms with Crippen molar-refractivity contribution in [2.75, 3.05) is 6.54 Å². The van der Waals surface area contributed by atoms with Gasteiger partial charge in [-0.3, -0.25) is 14.2 Å². The Bertz CT molecular complexity index is 804. The zero-order chi connectivity index (χ0) is 14.7. The molecular weight excluding hydrogens is 288 g/mol. The van der Waals surface area contributed by atoms with E-state index in [2.05, 4.69) is 10.3 Å². The second-order valence-corrected chi connectivity index (χ2v) is 5.50. The van der Waals surface area contributed by atoms with E-state index < -0.39 is 0 Å². The quantitative estimate of drug-likeness (QED) is 0.766. The van der Waals surface area contributed by atoms with Crippen LogP contribution in [0.25, 0.3) is 10.2 Å². The highest BCUT2D eigenvalue weighted by molar-refractivity contribution is 7.17. The van der Waals surface area contributed by atoms with Crippen LogP contribution in [0.1, 0.15) is 0 Å². The third kappa shape index (κ3) is 3.03. The standard InChI is InChI=1S/C14H14N4O2S/c19-12(9-17-5-1-2-6-17)15-4-7-18-10-16-11-3-8-21-13(11)14(18)20/h1-3,5-6,8,10H,4,7,9H2,(H,15,19). The summed E-state index contributed by atoms with van der Waals surface area (Å²) < 4.78 is 3.96. The summed E-state index contributed by atoms with van der Waals surface area (Å²) >= 11 is 1.38. The topological polar surface area (TPSA) is 68.9 Å². The molecule has 7 heteroatoms. The van der Waals surface area contributed by atoms with Crippen LogP contribution in [-0.4, -0.2) is 26.6 Å². The number of hydrogen-bond acceptors (Lipinski definition) is 4. The van der Waals surface area contributed by atoms with Crippen LogP contribution in [0.4, 0.5) is 0 Å². The molecule has 0 spiro atoms. The third-order valence-electron chi connectivity index (χ3n) is 3.10. The Morgan fingerprint density at radius 1 is 1.33 bits per heavy atom. The summed E-state index contributed by atoms with van der Waals surface area (Å²) in [6, 6.07) is 5.56.